The number of fused-ring (bicyclic) bond motifs is 1. The molecule has 0 unspecified atom stereocenters. The summed E-state index contributed by atoms with van der Waals surface area (Å²) in [6, 6.07) is 14.6. The summed E-state index contributed by atoms with van der Waals surface area (Å²) in [5, 5.41) is 5.88. The van der Waals surface area contributed by atoms with Crippen molar-refractivity contribution >= 4 is 35.0 Å². The van der Waals surface area contributed by atoms with Gasteiger partial charge in [-0.1, -0.05) is 31.4 Å². The number of thioether (sulfide) groups is 1. The Kier molecular flexibility index (Phi) is 6.62. The number of benzene rings is 2. The largest absolute Gasteiger partial charge is 0.372 e. The zero-order valence-corrected chi connectivity index (χ0v) is 18.3. The van der Waals surface area contributed by atoms with Gasteiger partial charge in [-0.15, -0.1) is 11.8 Å². The third-order valence-electron chi connectivity index (χ3n) is 6.02. The average Bonchev–Trinajstić information content (AvgIpc) is 2.97. The number of amides is 2. The Morgan fingerprint density at radius 1 is 1.13 bits per heavy atom. The molecule has 1 heterocycles. The predicted molar refractivity (Wildman–Crippen MR) is 123 cm³/mol. The highest BCUT2D eigenvalue weighted by Crippen LogP contribution is 2.31. The Labute approximate surface area is 182 Å². The van der Waals surface area contributed by atoms with Gasteiger partial charge in [0.05, 0.1) is 5.69 Å². The van der Waals surface area contributed by atoms with Crippen LogP contribution in [0.2, 0.25) is 0 Å². The molecule has 0 saturated heterocycles. The van der Waals surface area contributed by atoms with Crippen LogP contribution < -0.4 is 15.5 Å². The van der Waals surface area contributed by atoms with Gasteiger partial charge in [0, 0.05) is 48.0 Å². The minimum atomic E-state index is -0.135. The molecule has 2 aliphatic rings. The Morgan fingerprint density at radius 3 is 2.67 bits per heavy atom. The number of carbonyl (C=O) groups is 2. The van der Waals surface area contributed by atoms with Crippen LogP contribution in [0, 0.1) is 0 Å². The molecule has 2 aromatic rings. The maximum Gasteiger partial charge on any atom is 0.251 e. The van der Waals surface area contributed by atoms with Crippen LogP contribution >= 0.6 is 11.8 Å². The van der Waals surface area contributed by atoms with E-state index < -0.39 is 0 Å². The predicted octanol–water partition coefficient (Wildman–Crippen LogP) is 4.82. The van der Waals surface area contributed by atoms with Crippen LogP contribution in [0.1, 0.15) is 54.4 Å². The fourth-order valence-corrected chi connectivity index (χ4v) is 5.11. The number of nitrogens with zero attached hydrogens (tertiary/aromatic N) is 1. The van der Waals surface area contributed by atoms with Crippen molar-refractivity contribution < 1.29 is 9.59 Å². The standard InChI is InChI=1S/C24H29N3O2S/c1-27(19-5-3-2-4-6-19)20-10-7-17(8-11-20)16-25-24(29)18-9-12-22-21(15-18)26-23(28)13-14-30-22/h7-12,15,19H,2-6,13-14,16H2,1H3,(H,25,29)(H,26,28). The van der Waals surface area contributed by atoms with Crippen molar-refractivity contribution in [2.24, 2.45) is 0 Å². The second kappa shape index (κ2) is 9.56. The number of anilines is 2. The first kappa shape index (κ1) is 20.8. The quantitative estimate of drug-likeness (QED) is 0.724. The van der Waals surface area contributed by atoms with Gasteiger partial charge in [-0.2, -0.15) is 0 Å². The van der Waals surface area contributed by atoms with Crippen molar-refractivity contribution in [2.45, 2.75) is 56.0 Å². The summed E-state index contributed by atoms with van der Waals surface area (Å²) in [4.78, 5) is 27.8. The lowest BCUT2D eigenvalue weighted by Crippen LogP contribution is -2.33. The highest BCUT2D eigenvalue weighted by Gasteiger charge is 2.18. The molecule has 1 saturated carbocycles. The number of hydrogen-bond acceptors (Lipinski definition) is 4. The SMILES string of the molecule is CN(c1ccc(CNC(=O)c2ccc3c(c2)NC(=O)CCS3)cc1)C1CCCCC1. The minimum absolute atomic E-state index is 0.00269. The van der Waals surface area contributed by atoms with E-state index in [1.165, 1.54) is 37.8 Å². The lowest BCUT2D eigenvalue weighted by Gasteiger charge is -2.33. The maximum absolute atomic E-state index is 12.6. The van der Waals surface area contributed by atoms with Crippen LogP contribution in [0.3, 0.4) is 0 Å². The third kappa shape index (κ3) is 4.98. The summed E-state index contributed by atoms with van der Waals surface area (Å²) in [7, 11) is 2.18. The fourth-order valence-electron chi connectivity index (χ4n) is 4.17. The second-order valence-corrected chi connectivity index (χ2v) is 9.25. The van der Waals surface area contributed by atoms with Crippen LogP contribution in [0.25, 0.3) is 0 Å². The Balaban J connectivity index is 1.35. The van der Waals surface area contributed by atoms with Gasteiger partial charge in [-0.05, 0) is 48.7 Å². The molecule has 4 rings (SSSR count). The van der Waals surface area contributed by atoms with Gasteiger partial charge in [0.25, 0.3) is 5.91 Å². The van der Waals surface area contributed by atoms with Crippen molar-refractivity contribution in [3.05, 3.63) is 53.6 Å². The zero-order valence-electron chi connectivity index (χ0n) is 17.4. The molecule has 5 nitrogen and oxygen atoms in total. The first-order valence-electron chi connectivity index (χ1n) is 10.8. The van der Waals surface area contributed by atoms with E-state index in [-0.39, 0.29) is 11.8 Å². The van der Waals surface area contributed by atoms with E-state index in [2.05, 4.69) is 46.8 Å². The lowest BCUT2D eigenvalue weighted by molar-refractivity contribution is -0.115. The van der Waals surface area contributed by atoms with E-state index in [1.807, 2.05) is 12.1 Å². The van der Waals surface area contributed by atoms with Crippen molar-refractivity contribution in [3.63, 3.8) is 0 Å². The summed E-state index contributed by atoms with van der Waals surface area (Å²) >= 11 is 1.64. The molecule has 0 atom stereocenters. The molecule has 2 aromatic carbocycles. The molecule has 30 heavy (non-hydrogen) atoms. The van der Waals surface area contributed by atoms with Crippen molar-refractivity contribution in [1.29, 1.82) is 0 Å². The van der Waals surface area contributed by atoms with E-state index in [1.54, 1.807) is 17.8 Å². The molecule has 0 bridgehead atoms. The molecular weight excluding hydrogens is 394 g/mol. The molecule has 0 aromatic heterocycles. The van der Waals surface area contributed by atoms with E-state index in [4.69, 9.17) is 0 Å². The second-order valence-electron chi connectivity index (χ2n) is 8.11. The van der Waals surface area contributed by atoms with Gasteiger partial charge in [0.2, 0.25) is 5.91 Å². The Morgan fingerprint density at radius 2 is 1.90 bits per heavy atom. The van der Waals surface area contributed by atoms with Crippen LogP contribution in [0.4, 0.5) is 11.4 Å². The molecule has 6 heteroatoms. The molecule has 0 spiro atoms. The molecule has 0 radical (unpaired) electrons. The fraction of sp³-hybridized carbons (Fsp3) is 0.417. The summed E-state index contributed by atoms with van der Waals surface area (Å²) < 4.78 is 0. The number of hydrogen-bond donors (Lipinski definition) is 2. The van der Waals surface area contributed by atoms with Crippen molar-refractivity contribution in [3.8, 4) is 0 Å². The molecule has 1 aliphatic carbocycles. The van der Waals surface area contributed by atoms with Crippen LogP contribution in [0.5, 0.6) is 0 Å². The van der Waals surface area contributed by atoms with Gasteiger partial charge < -0.3 is 15.5 Å². The van der Waals surface area contributed by atoms with Crippen molar-refractivity contribution in [1.82, 2.24) is 5.32 Å². The monoisotopic (exact) mass is 423 g/mol. The molecule has 1 aliphatic heterocycles. The zero-order chi connectivity index (χ0) is 20.9. The Bertz CT molecular complexity index is 907. The molecule has 158 valence electrons. The third-order valence-corrected chi connectivity index (χ3v) is 7.10. The van der Waals surface area contributed by atoms with Gasteiger partial charge >= 0.3 is 0 Å². The van der Waals surface area contributed by atoms with Crippen LogP contribution in [-0.2, 0) is 11.3 Å². The maximum atomic E-state index is 12.6. The number of rotatable bonds is 5. The van der Waals surface area contributed by atoms with Gasteiger partial charge in [-0.3, -0.25) is 9.59 Å². The van der Waals surface area contributed by atoms with Crippen LogP contribution in [0.15, 0.2) is 47.4 Å². The summed E-state index contributed by atoms with van der Waals surface area (Å²) in [5.74, 6) is 0.623. The summed E-state index contributed by atoms with van der Waals surface area (Å²) in [5.41, 5.74) is 3.59. The topological polar surface area (TPSA) is 61.4 Å². The van der Waals surface area contributed by atoms with Crippen LogP contribution in [-0.4, -0.2) is 30.7 Å². The van der Waals surface area contributed by atoms with Crippen molar-refractivity contribution in [2.75, 3.05) is 23.0 Å². The van der Waals surface area contributed by atoms with Gasteiger partial charge in [0.15, 0.2) is 0 Å². The van der Waals surface area contributed by atoms with E-state index in [0.717, 1.165) is 21.9 Å². The molecule has 1 fully saturated rings. The highest BCUT2D eigenvalue weighted by atomic mass is 32.2. The molecular formula is C24H29N3O2S. The van der Waals surface area contributed by atoms with Gasteiger partial charge in [-0.25, -0.2) is 0 Å². The highest BCUT2D eigenvalue weighted by molar-refractivity contribution is 7.99. The summed E-state index contributed by atoms with van der Waals surface area (Å²) in [6.45, 7) is 0.477. The minimum Gasteiger partial charge on any atom is -0.372 e. The van der Waals surface area contributed by atoms with E-state index >= 15 is 0 Å². The van der Waals surface area contributed by atoms with Gasteiger partial charge in [0.1, 0.15) is 0 Å². The summed E-state index contributed by atoms with van der Waals surface area (Å²) in [6.07, 6.45) is 7.04. The molecule has 2 N–H and O–H groups in total. The first-order valence-corrected chi connectivity index (χ1v) is 11.8. The normalized spacial score (nSPS) is 16.9. The average molecular weight is 424 g/mol. The number of carbonyl (C=O) groups excluding carboxylic acids is 2. The lowest BCUT2D eigenvalue weighted by atomic mass is 9.94. The smallest absolute Gasteiger partial charge is 0.251 e. The van der Waals surface area contributed by atoms with E-state index in [0.29, 0.717) is 24.6 Å². The Hall–Kier alpha value is -2.47. The first-order chi connectivity index (χ1) is 14.6. The van der Waals surface area contributed by atoms with E-state index in [9.17, 15) is 9.59 Å². The number of nitrogens with one attached hydrogen (secondary N) is 2. The molecule has 2 amide bonds.